The van der Waals surface area contributed by atoms with Crippen molar-refractivity contribution < 1.29 is 13.2 Å². The first-order chi connectivity index (χ1) is 8.31. The first-order valence-electron chi connectivity index (χ1n) is 6.68. The van der Waals surface area contributed by atoms with E-state index in [1.54, 1.807) is 0 Å². The van der Waals surface area contributed by atoms with Gasteiger partial charge in [0.25, 0.3) is 0 Å². The van der Waals surface area contributed by atoms with Gasteiger partial charge in [-0.25, -0.2) is 13.2 Å². The van der Waals surface area contributed by atoms with Crippen molar-refractivity contribution in [3.05, 3.63) is 22.8 Å². The number of halogens is 3. The highest BCUT2D eigenvalue weighted by Gasteiger charge is 2.38. The van der Waals surface area contributed by atoms with E-state index in [0.29, 0.717) is 5.92 Å². The SMILES string of the molecule is CC[C@H](CC(C)C)C1C(C)=C(F)C(F)=C(C)C1F. The molecule has 2 unspecified atom stereocenters. The van der Waals surface area contributed by atoms with Crippen LogP contribution >= 0.6 is 0 Å². The van der Waals surface area contributed by atoms with Gasteiger partial charge in [0.1, 0.15) is 6.17 Å². The summed E-state index contributed by atoms with van der Waals surface area (Å²) >= 11 is 0. The first kappa shape index (κ1) is 15.3. The third kappa shape index (κ3) is 2.81. The Hall–Kier alpha value is -0.730. The zero-order valence-electron chi connectivity index (χ0n) is 11.9. The predicted octanol–water partition coefficient (Wildman–Crippen LogP) is 5.51. The van der Waals surface area contributed by atoms with E-state index in [9.17, 15) is 13.2 Å². The lowest BCUT2D eigenvalue weighted by Crippen LogP contribution is -2.31. The van der Waals surface area contributed by atoms with Crippen molar-refractivity contribution in [3.8, 4) is 0 Å². The van der Waals surface area contributed by atoms with Crippen molar-refractivity contribution >= 4 is 0 Å². The number of rotatable bonds is 4. The van der Waals surface area contributed by atoms with Gasteiger partial charge in [0.2, 0.25) is 0 Å². The molecule has 0 aromatic heterocycles. The van der Waals surface area contributed by atoms with Gasteiger partial charge in [-0.3, -0.25) is 0 Å². The van der Waals surface area contributed by atoms with Crippen LogP contribution in [0.2, 0.25) is 0 Å². The third-order valence-electron chi connectivity index (χ3n) is 3.92. The smallest absolute Gasteiger partial charge is 0.160 e. The molecule has 104 valence electrons. The van der Waals surface area contributed by atoms with Crippen molar-refractivity contribution in [2.45, 2.75) is 53.6 Å². The molecule has 1 aliphatic rings. The van der Waals surface area contributed by atoms with Gasteiger partial charge >= 0.3 is 0 Å². The zero-order chi connectivity index (χ0) is 14.0. The molecule has 3 atom stereocenters. The van der Waals surface area contributed by atoms with Crippen LogP contribution in [-0.4, -0.2) is 6.17 Å². The molecular weight excluding hydrogens is 237 g/mol. The summed E-state index contributed by atoms with van der Waals surface area (Å²) in [5, 5.41) is 0. The van der Waals surface area contributed by atoms with Crippen LogP contribution in [0.4, 0.5) is 13.2 Å². The standard InChI is InChI=1S/C15H23F3/c1-6-11(7-8(2)3)12-9(4)14(17)15(18)10(5)13(12)16/h8,11-13H,6-7H2,1-5H3/t11-,12?,13?/m1/s1. The van der Waals surface area contributed by atoms with Crippen molar-refractivity contribution in [3.63, 3.8) is 0 Å². The largest absolute Gasteiger partial charge is 0.242 e. The molecule has 0 fully saturated rings. The van der Waals surface area contributed by atoms with Crippen LogP contribution < -0.4 is 0 Å². The molecule has 0 nitrogen and oxygen atoms in total. The van der Waals surface area contributed by atoms with Crippen molar-refractivity contribution in [2.75, 3.05) is 0 Å². The van der Waals surface area contributed by atoms with Gasteiger partial charge in [0.05, 0.1) is 0 Å². The summed E-state index contributed by atoms with van der Waals surface area (Å²) in [6, 6.07) is 0. The van der Waals surface area contributed by atoms with Crippen LogP contribution in [0.1, 0.15) is 47.5 Å². The van der Waals surface area contributed by atoms with E-state index in [-0.39, 0.29) is 17.1 Å². The second-order valence-electron chi connectivity index (χ2n) is 5.72. The fourth-order valence-corrected chi connectivity index (χ4v) is 2.87. The molecule has 0 amide bonds. The lowest BCUT2D eigenvalue weighted by atomic mass is 9.73. The highest BCUT2D eigenvalue weighted by Crippen LogP contribution is 2.43. The van der Waals surface area contributed by atoms with Gasteiger partial charge in [-0.15, -0.1) is 0 Å². The minimum Gasteiger partial charge on any atom is -0.242 e. The Morgan fingerprint density at radius 1 is 1.06 bits per heavy atom. The maximum atomic E-state index is 14.3. The molecule has 0 aliphatic heterocycles. The van der Waals surface area contributed by atoms with E-state index in [0.717, 1.165) is 12.8 Å². The van der Waals surface area contributed by atoms with Crippen molar-refractivity contribution in [2.24, 2.45) is 17.8 Å². The highest BCUT2D eigenvalue weighted by atomic mass is 19.2. The number of alkyl halides is 1. The van der Waals surface area contributed by atoms with Crippen LogP contribution in [0, 0.1) is 17.8 Å². The first-order valence-corrected chi connectivity index (χ1v) is 6.68. The summed E-state index contributed by atoms with van der Waals surface area (Å²) in [5.41, 5.74) is 0.142. The average molecular weight is 260 g/mol. The molecule has 0 radical (unpaired) electrons. The molecule has 0 aromatic carbocycles. The highest BCUT2D eigenvalue weighted by molar-refractivity contribution is 5.37. The summed E-state index contributed by atoms with van der Waals surface area (Å²) in [5.74, 6) is -1.89. The van der Waals surface area contributed by atoms with Crippen LogP contribution in [0.25, 0.3) is 0 Å². The van der Waals surface area contributed by atoms with E-state index in [1.165, 1.54) is 13.8 Å². The summed E-state index contributed by atoms with van der Waals surface area (Å²) < 4.78 is 41.5. The molecule has 3 heteroatoms. The van der Waals surface area contributed by atoms with Gasteiger partial charge in [-0.1, -0.05) is 27.2 Å². The minimum absolute atomic E-state index is 0.0637. The van der Waals surface area contributed by atoms with Gasteiger partial charge in [0.15, 0.2) is 11.7 Å². The Balaban J connectivity index is 3.09. The summed E-state index contributed by atoms with van der Waals surface area (Å²) in [7, 11) is 0. The van der Waals surface area contributed by atoms with E-state index in [2.05, 4.69) is 13.8 Å². The fourth-order valence-electron chi connectivity index (χ4n) is 2.87. The third-order valence-corrected chi connectivity index (χ3v) is 3.92. The normalized spacial score (nSPS) is 27.2. The van der Waals surface area contributed by atoms with E-state index in [4.69, 9.17) is 0 Å². The molecule has 1 rings (SSSR count). The fraction of sp³-hybridized carbons (Fsp3) is 0.733. The molecular formula is C15H23F3. The minimum atomic E-state index is -1.40. The van der Waals surface area contributed by atoms with Gasteiger partial charge in [-0.2, -0.15) is 0 Å². The molecule has 0 spiro atoms. The topological polar surface area (TPSA) is 0 Å². The second-order valence-corrected chi connectivity index (χ2v) is 5.72. The molecule has 0 bridgehead atoms. The van der Waals surface area contributed by atoms with Crippen LogP contribution in [0.3, 0.4) is 0 Å². The molecule has 0 N–H and O–H groups in total. The maximum Gasteiger partial charge on any atom is 0.160 e. The number of hydrogen-bond donors (Lipinski definition) is 0. The molecule has 0 aromatic rings. The second kappa shape index (κ2) is 5.94. The van der Waals surface area contributed by atoms with Crippen LogP contribution in [0.5, 0.6) is 0 Å². The molecule has 0 saturated carbocycles. The summed E-state index contributed by atoms with van der Waals surface area (Å²) in [6.45, 7) is 8.98. The van der Waals surface area contributed by atoms with Crippen LogP contribution in [-0.2, 0) is 0 Å². The Kier molecular flexibility index (Phi) is 5.06. The Bertz CT molecular complexity index is 366. The maximum absolute atomic E-state index is 14.3. The average Bonchev–Trinajstić information content (AvgIpc) is 2.32. The Labute approximate surface area is 108 Å². The molecule has 0 saturated heterocycles. The lowest BCUT2D eigenvalue weighted by molar-refractivity contribution is 0.184. The molecule has 0 heterocycles. The zero-order valence-corrected chi connectivity index (χ0v) is 11.9. The monoisotopic (exact) mass is 260 g/mol. The quantitative estimate of drug-likeness (QED) is 0.625. The van der Waals surface area contributed by atoms with E-state index in [1.807, 2.05) is 6.92 Å². The number of hydrogen-bond acceptors (Lipinski definition) is 0. The Morgan fingerprint density at radius 2 is 1.56 bits per heavy atom. The van der Waals surface area contributed by atoms with Gasteiger partial charge in [0, 0.05) is 5.92 Å². The van der Waals surface area contributed by atoms with E-state index >= 15 is 0 Å². The van der Waals surface area contributed by atoms with Crippen LogP contribution in [0.15, 0.2) is 22.8 Å². The predicted molar refractivity (Wildman–Crippen MR) is 69.2 cm³/mol. The molecule has 18 heavy (non-hydrogen) atoms. The van der Waals surface area contributed by atoms with Crippen molar-refractivity contribution in [1.29, 1.82) is 0 Å². The van der Waals surface area contributed by atoms with Gasteiger partial charge < -0.3 is 0 Å². The summed E-state index contributed by atoms with van der Waals surface area (Å²) in [6.07, 6.45) is 0.220. The van der Waals surface area contributed by atoms with Gasteiger partial charge in [-0.05, 0) is 43.3 Å². The summed E-state index contributed by atoms with van der Waals surface area (Å²) in [4.78, 5) is 0. The van der Waals surface area contributed by atoms with Crippen molar-refractivity contribution in [1.82, 2.24) is 0 Å². The molecule has 1 aliphatic carbocycles. The lowest BCUT2D eigenvalue weighted by Gasteiger charge is -2.34. The van der Waals surface area contributed by atoms with E-state index < -0.39 is 23.7 Å². The Morgan fingerprint density at radius 3 is 2.00 bits per heavy atom. The number of allylic oxidation sites excluding steroid dienone is 4.